The van der Waals surface area contributed by atoms with E-state index >= 15 is 0 Å². The lowest BCUT2D eigenvalue weighted by Crippen LogP contribution is -2.32. The lowest BCUT2D eigenvalue weighted by molar-refractivity contribution is 0.770. The predicted octanol–water partition coefficient (Wildman–Crippen LogP) is 4.56. The van der Waals surface area contributed by atoms with Gasteiger partial charge in [-0.1, -0.05) is 71.3 Å². The van der Waals surface area contributed by atoms with Gasteiger partial charge < -0.3 is 5.32 Å². The number of rotatable bonds is 3. The molecule has 0 aromatic carbocycles. The van der Waals surface area contributed by atoms with Crippen molar-refractivity contribution < 1.29 is 0 Å². The highest BCUT2D eigenvalue weighted by Crippen LogP contribution is 2.37. The normalized spacial score (nSPS) is 14.8. The van der Waals surface area contributed by atoms with E-state index in [0.717, 1.165) is 12.8 Å². The second kappa shape index (κ2) is 6.84. The maximum absolute atomic E-state index is 6.26. The lowest BCUT2D eigenvalue weighted by Gasteiger charge is -2.24. The Balaban J connectivity index is 2.29. The molecule has 0 spiro atoms. The minimum Gasteiger partial charge on any atom is -0.324 e. The van der Waals surface area contributed by atoms with E-state index in [0.29, 0.717) is 28.1 Å². The van der Waals surface area contributed by atoms with Gasteiger partial charge in [-0.25, -0.2) is 9.39 Å². The van der Waals surface area contributed by atoms with E-state index in [2.05, 4.69) is 32.2 Å². The number of nitrogens with zero attached hydrogens (tertiary/aromatic N) is 5. The van der Waals surface area contributed by atoms with Gasteiger partial charge in [0.05, 0.1) is 10.0 Å². The summed E-state index contributed by atoms with van der Waals surface area (Å²) in [5.41, 5.74) is 0.680. The molecule has 6 nitrogen and oxygen atoms in total. The first-order valence-electron chi connectivity index (χ1n) is 7.03. The molecule has 0 saturated heterocycles. The second-order valence-corrected chi connectivity index (χ2v) is 8.09. The van der Waals surface area contributed by atoms with Gasteiger partial charge in [0.15, 0.2) is 11.5 Å². The molecule has 0 atom stereocenters. The lowest BCUT2D eigenvalue weighted by atomic mass is 10.3. The van der Waals surface area contributed by atoms with Crippen LogP contribution in [-0.2, 0) is 0 Å². The molecule has 0 bridgehead atoms. The van der Waals surface area contributed by atoms with Crippen LogP contribution in [0.4, 0.5) is 11.8 Å². The van der Waals surface area contributed by atoms with E-state index in [1.165, 1.54) is 0 Å². The Labute approximate surface area is 162 Å². The van der Waals surface area contributed by atoms with Crippen LogP contribution in [0.25, 0.3) is 5.65 Å². The van der Waals surface area contributed by atoms with Crippen LogP contribution in [0.1, 0.15) is 19.8 Å². The van der Waals surface area contributed by atoms with Crippen molar-refractivity contribution in [1.82, 2.24) is 14.4 Å². The van der Waals surface area contributed by atoms with E-state index < -0.39 is 3.79 Å². The van der Waals surface area contributed by atoms with Crippen molar-refractivity contribution in [3.05, 3.63) is 21.7 Å². The summed E-state index contributed by atoms with van der Waals surface area (Å²) in [6.45, 7) is 2.67. The molecule has 0 fully saturated rings. The number of unbranched alkanes of at least 4 members (excludes halogenated alkanes) is 1. The highest BCUT2D eigenvalue weighted by molar-refractivity contribution is 6.77. The summed E-state index contributed by atoms with van der Waals surface area (Å²) in [6.07, 6.45) is 1.94. The zero-order chi connectivity index (χ0) is 17.5. The van der Waals surface area contributed by atoms with Crippen LogP contribution in [0, 0.1) is 0 Å². The van der Waals surface area contributed by atoms with Gasteiger partial charge in [-0.2, -0.15) is 15.0 Å². The van der Waals surface area contributed by atoms with Crippen LogP contribution < -0.4 is 10.9 Å². The maximum Gasteiger partial charge on any atom is 0.250 e. The average Bonchev–Trinajstić information content (AvgIpc) is 2.51. The average molecular weight is 429 g/mol. The van der Waals surface area contributed by atoms with E-state index in [1.807, 2.05) is 0 Å². The highest BCUT2D eigenvalue weighted by Gasteiger charge is 2.33. The number of amidine groups is 1. The standard InChI is InChI=1S/C13H11Cl5N6/c1-2-3-4-19-11-21-9-7(15)5-6(14)8-20-10(13(16,17)18)22-12(23-11)24(8)9/h5H,2-4H2,1H3,(H,19,20,21,22,23). The van der Waals surface area contributed by atoms with Crippen LogP contribution in [0.15, 0.2) is 16.1 Å². The molecule has 1 N–H and O–H groups in total. The Hall–Kier alpha value is -0.790. The Morgan fingerprint density at radius 1 is 1.21 bits per heavy atom. The van der Waals surface area contributed by atoms with Crippen LogP contribution in [0.2, 0.25) is 10.0 Å². The molecule has 24 heavy (non-hydrogen) atoms. The van der Waals surface area contributed by atoms with Crippen LogP contribution >= 0.6 is 58.0 Å². The third kappa shape index (κ3) is 3.44. The topological polar surface area (TPSA) is 66.9 Å². The fourth-order valence-corrected chi connectivity index (χ4v) is 2.89. The molecule has 1 aliphatic rings. The molecule has 0 aliphatic carbocycles. The summed E-state index contributed by atoms with van der Waals surface area (Å²) in [5.74, 6) is 0.730. The molecule has 3 heterocycles. The van der Waals surface area contributed by atoms with Crippen molar-refractivity contribution in [2.24, 2.45) is 9.98 Å². The van der Waals surface area contributed by atoms with Crippen LogP contribution in [-0.4, -0.2) is 30.5 Å². The summed E-state index contributed by atoms with van der Waals surface area (Å²) < 4.78 is -0.207. The molecule has 2 aromatic heterocycles. The largest absolute Gasteiger partial charge is 0.324 e. The van der Waals surface area contributed by atoms with Gasteiger partial charge in [-0.3, -0.25) is 0 Å². The van der Waals surface area contributed by atoms with Crippen molar-refractivity contribution in [2.45, 2.75) is 23.6 Å². The molecule has 0 saturated carbocycles. The van der Waals surface area contributed by atoms with E-state index in [-0.39, 0.29) is 17.4 Å². The van der Waals surface area contributed by atoms with Gasteiger partial charge in [0, 0.05) is 6.54 Å². The third-order valence-electron chi connectivity index (χ3n) is 3.22. The molecule has 0 unspecified atom stereocenters. The van der Waals surface area contributed by atoms with Gasteiger partial charge in [0.1, 0.15) is 5.82 Å². The Morgan fingerprint density at radius 2 is 1.96 bits per heavy atom. The number of anilines is 1. The third-order valence-corrected chi connectivity index (χ3v) is 4.32. The predicted molar refractivity (Wildman–Crippen MR) is 99.4 cm³/mol. The minimum atomic E-state index is -1.77. The first kappa shape index (κ1) is 18.0. The van der Waals surface area contributed by atoms with Crippen molar-refractivity contribution in [1.29, 1.82) is 0 Å². The summed E-state index contributed by atoms with van der Waals surface area (Å²) in [6, 6.07) is 1.55. The van der Waals surface area contributed by atoms with Crippen molar-refractivity contribution >= 4 is 81.3 Å². The number of aliphatic imine (C=N–C) groups is 1. The number of alkyl halides is 3. The summed E-state index contributed by atoms with van der Waals surface area (Å²) in [7, 11) is 0. The van der Waals surface area contributed by atoms with Gasteiger partial charge in [0.25, 0.3) is 0 Å². The van der Waals surface area contributed by atoms with Gasteiger partial charge in [0.2, 0.25) is 15.4 Å². The molecule has 128 valence electrons. The number of nitrogens with one attached hydrogen (secondary N) is 1. The molecular formula is C13H11Cl5N6. The number of hydrogen-bond donors (Lipinski definition) is 1. The molecule has 0 amide bonds. The Kier molecular flexibility index (Phi) is 5.14. The highest BCUT2D eigenvalue weighted by atomic mass is 35.6. The van der Waals surface area contributed by atoms with E-state index in [1.54, 1.807) is 10.5 Å². The first-order valence-corrected chi connectivity index (χ1v) is 8.92. The summed E-state index contributed by atoms with van der Waals surface area (Å²) in [4.78, 5) is 17.3. The van der Waals surface area contributed by atoms with E-state index in [9.17, 15) is 0 Å². The molecule has 3 rings (SSSR count). The zero-order valence-electron chi connectivity index (χ0n) is 12.3. The molecule has 0 radical (unpaired) electrons. The maximum atomic E-state index is 6.26. The van der Waals surface area contributed by atoms with E-state index in [4.69, 9.17) is 58.0 Å². The fourth-order valence-electron chi connectivity index (χ4n) is 2.09. The van der Waals surface area contributed by atoms with Crippen molar-refractivity contribution in [3.8, 4) is 0 Å². The smallest absolute Gasteiger partial charge is 0.250 e. The minimum absolute atomic E-state index is 0.0798. The molecule has 2 aromatic rings. The summed E-state index contributed by atoms with van der Waals surface area (Å²) >= 11 is 30.3. The number of hydrogen-bond acceptors (Lipinski definition) is 5. The van der Waals surface area contributed by atoms with Gasteiger partial charge in [-0.05, 0) is 12.5 Å². The molecular weight excluding hydrogens is 417 g/mol. The molecule has 11 heteroatoms. The zero-order valence-corrected chi connectivity index (χ0v) is 16.1. The number of halogens is 5. The van der Waals surface area contributed by atoms with Crippen molar-refractivity contribution in [3.63, 3.8) is 0 Å². The van der Waals surface area contributed by atoms with Gasteiger partial charge >= 0.3 is 0 Å². The van der Waals surface area contributed by atoms with Crippen molar-refractivity contribution in [2.75, 3.05) is 11.9 Å². The quantitative estimate of drug-likeness (QED) is 0.576. The Bertz CT molecular complexity index is 898. The SMILES string of the molecule is CCCCN=c1nc2n3c(c(Cl)cc(Cl)c3n1)NC(C(Cl)(Cl)Cl)=N2. The van der Waals surface area contributed by atoms with Crippen LogP contribution in [0.3, 0.4) is 0 Å². The van der Waals surface area contributed by atoms with Crippen LogP contribution in [0.5, 0.6) is 0 Å². The summed E-state index contributed by atoms with van der Waals surface area (Å²) in [5, 5.41) is 3.54. The Morgan fingerprint density at radius 3 is 2.62 bits per heavy atom. The second-order valence-electron chi connectivity index (χ2n) is 4.99. The number of pyridine rings is 1. The molecule has 1 aliphatic heterocycles. The first-order chi connectivity index (χ1) is 11.3. The van der Waals surface area contributed by atoms with Gasteiger partial charge in [-0.15, -0.1) is 0 Å². The monoisotopic (exact) mass is 426 g/mol. The number of aromatic nitrogens is 3. The fraction of sp³-hybridized carbons (Fsp3) is 0.385.